The molecule has 2 N–H and O–H groups in total. The lowest BCUT2D eigenvalue weighted by Crippen LogP contribution is -2.41. The van der Waals surface area contributed by atoms with Gasteiger partial charge >= 0.3 is 0 Å². The van der Waals surface area contributed by atoms with Gasteiger partial charge in [-0.3, -0.25) is 0 Å². The number of hydrogen-bond acceptors (Lipinski definition) is 5. The Morgan fingerprint density at radius 1 is 1.29 bits per heavy atom. The van der Waals surface area contributed by atoms with Crippen molar-refractivity contribution in [2.75, 3.05) is 18.4 Å². The summed E-state index contributed by atoms with van der Waals surface area (Å²) >= 11 is 3.70. The van der Waals surface area contributed by atoms with Crippen LogP contribution in [-0.4, -0.2) is 45.8 Å². The Hall–Kier alpha value is -1.42. The summed E-state index contributed by atoms with van der Waals surface area (Å²) in [5.41, 5.74) is 2.53. The molecule has 6 heteroatoms. The van der Waals surface area contributed by atoms with Crippen LogP contribution in [0.5, 0.6) is 0 Å². The fourth-order valence-electron chi connectivity index (χ4n) is 4.87. The maximum atomic E-state index is 10.3. The smallest absolute Gasteiger partial charge is 0.141 e. The van der Waals surface area contributed by atoms with E-state index in [1.807, 2.05) is 19.2 Å². The van der Waals surface area contributed by atoms with Crippen LogP contribution in [-0.2, 0) is 6.42 Å². The third-order valence-corrected chi connectivity index (χ3v) is 7.44. The summed E-state index contributed by atoms with van der Waals surface area (Å²) in [7, 11) is 0. The number of halogens is 1. The number of aliphatic hydroxyl groups is 1. The van der Waals surface area contributed by atoms with Crippen molar-refractivity contribution in [3.63, 3.8) is 0 Å². The molecule has 0 amide bonds. The number of anilines is 1. The standard InChI is InChI=1S/C22H29BrN4O/c1-22(28)7-2-9-27(10-8-22)18-5-3-17(4-6-18)26-21-20(23)19-12-15(13-24)11-16(19)14-25-21/h12,14,17-18,28H,2-11H2,1H3,(H,25,26)/t17?,18?,22-/m1/s1. The zero-order valence-corrected chi connectivity index (χ0v) is 18.1. The van der Waals surface area contributed by atoms with Crippen LogP contribution in [0.4, 0.5) is 5.82 Å². The van der Waals surface area contributed by atoms with Crippen LogP contribution in [0.25, 0.3) is 6.08 Å². The number of nitrogens with one attached hydrogen (secondary N) is 1. The van der Waals surface area contributed by atoms with Gasteiger partial charge < -0.3 is 15.3 Å². The molecule has 4 rings (SSSR count). The molecule has 0 spiro atoms. The first kappa shape index (κ1) is 19.9. The molecule has 2 fully saturated rings. The van der Waals surface area contributed by atoms with Gasteiger partial charge in [0.05, 0.1) is 16.1 Å². The fourth-order valence-corrected chi connectivity index (χ4v) is 5.45. The third-order valence-electron chi connectivity index (χ3n) is 6.64. The van der Waals surface area contributed by atoms with E-state index in [1.54, 1.807) is 0 Å². The molecular weight excluding hydrogens is 416 g/mol. The van der Waals surface area contributed by atoms with Crippen molar-refractivity contribution in [2.45, 2.75) is 76.0 Å². The van der Waals surface area contributed by atoms with E-state index in [1.165, 1.54) is 12.8 Å². The highest BCUT2D eigenvalue weighted by Crippen LogP contribution is 2.36. The molecule has 0 bridgehead atoms. The van der Waals surface area contributed by atoms with Gasteiger partial charge in [-0.25, -0.2) is 4.98 Å². The maximum Gasteiger partial charge on any atom is 0.141 e. The lowest BCUT2D eigenvalue weighted by molar-refractivity contribution is 0.0418. The van der Waals surface area contributed by atoms with Crippen molar-refractivity contribution in [1.82, 2.24) is 9.88 Å². The molecule has 0 unspecified atom stereocenters. The molecule has 2 heterocycles. The quantitative estimate of drug-likeness (QED) is 0.727. The van der Waals surface area contributed by atoms with Crippen LogP contribution < -0.4 is 5.32 Å². The number of nitrogens with zero attached hydrogens (tertiary/aromatic N) is 3. The first-order valence-corrected chi connectivity index (χ1v) is 11.3. The van der Waals surface area contributed by atoms with E-state index in [0.717, 1.165) is 72.2 Å². The number of pyridine rings is 1. The number of rotatable bonds is 3. The molecule has 1 aliphatic heterocycles. The van der Waals surface area contributed by atoms with E-state index in [2.05, 4.69) is 37.2 Å². The van der Waals surface area contributed by atoms with Gasteiger partial charge in [-0.15, -0.1) is 0 Å². The molecule has 2 aliphatic carbocycles. The second-order valence-electron chi connectivity index (χ2n) is 8.85. The van der Waals surface area contributed by atoms with E-state index in [0.29, 0.717) is 18.5 Å². The Morgan fingerprint density at radius 2 is 2.07 bits per heavy atom. The molecule has 1 aromatic heterocycles. The molecule has 1 saturated heterocycles. The number of aromatic nitrogens is 1. The van der Waals surface area contributed by atoms with Gasteiger partial charge in [-0.1, -0.05) is 0 Å². The molecule has 1 aromatic rings. The van der Waals surface area contributed by atoms with Crippen LogP contribution in [0.15, 0.2) is 16.2 Å². The Morgan fingerprint density at radius 3 is 2.82 bits per heavy atom. The molecule has 0 aromatic carbocycles. The molecule has 28 heavy (non-hydrogen) atoms. The number of hydrogen-bond donors (Lipinski definition) is 2. The SMILES string of the molecule is C[C@@]1(O)CCCN(C2CCC(Nc3ncc4c(c3Br)C=C(C#N)C4)CC2)CC1. The summed E-state index contributed by atoms with van der Waals surface area (Å²) in [5.74, 6) is 0.892. The van der Waals surface area contributed by atoms with Crippen molar-refractivity contribution >= 4 is 27.8 Å². The summed E-state index contributed by atoms with van der Waals surface area (Å²) < 4.78 is 0.979. The average Bonchev–Trinajstić information content (AvgIpc) is 3.03. The molecule has 1 saturated carbocycles. The van der Waals surface area contributed by atoms with Gasteiger partial charge in [0, 0.05) is 36.8 Å². The second-order valence-corrected chi connectivity index (χ2v) is 9.65. The molecule has 150 valence electrons. The minimum absolute atomic E-state index is 0.439. The maximum absolute atomic E-state index is 10.3. The number of nitriles is 1. The predicted molar refractivity (Wildman–Crippen MR) is 115 cm³/mol. The van der Waals surface area contributed by atoms with E-state index >= 15 is 0 Å². The van der Waals surface area contributed by atoms with Crippen LogP contribution >= 0.6 is 15.9 Å². The number of allylic oxidation sites excluding steroid dienone is 1. The summed E-state index contributed by atoms with van der Waals surface area (Å²) in [4.78, 5) is 7.22. The highest BCUT2D eigenvalue weighted by atomic mass is 79.9. The van der Waals surface area contributed by atoms with E-state index < -0.39 is 5.60 Å². The Balaban J connectivity index is 1.34. The van der Waals surface area contributed by atoms with Crippen LogP contribution in [0.1, 0.15) is 63.0 Å². The normalized spacial score (nSPS) is 30.9. The van der Waals surface area contributed by atoms with Crippen molar-refractivity contribution in [3.05, 3.63) is 27.4 Å². The molecule has 5 nitrogen and oxygen atoms in total. The van der Waals surface area contributed by atoms with Gasteiger partial charge in [-0.05, 0) is 91.5 Å². The van der Waals surface area contributed by atoms with E-state index in [9.17, 15) is 5.11 Å². The zero-order chi connectivity index (χ0) is 19.7. The Kier molecular flexibility index (Phi) is 5.78. The summed E-state index contributed by atoms with van der Waals surface area (Å²) in [6.45, 7) is 4.11. The number of fused-ring (bicyclic) bond motifs is 1. The fraction of sp³-hybridized carbons (Fsp3) is 0.636. The Labute approximate surface area is 176 Å². The molecular formula is C22H29BrN4O. The van der Waals surface area contributed by atoms with Crippen LogP contribution in [0.3, 0.4) is 0 Å². The molecule has 0 radical (unpaired) electrons. The minimum atomic E-state index is -0.487. The zero-order valence-electron chi connectivity index (χ0n) is 16.5. The summed E-state index contributed by atoms with van der Waals surface area (Å²) in [6, 6.07) is 3.34. The van der Waals surface area contributed by atoms with Gasteiger partial charge in [-0.2, -0.15) is 5.26 Å². The molecule has 3 aliphatic rings. The minimum Gasteiger partial charge on any atom is -0.390 e. The van der Waals surface area contributed by atoms with E-state index in [4.69, 9.17) is 5.26 Å². The van der Waals surface area contributed by atoms with Gasteiger partial charge in [0.25, 0.3) is 0 Å². The molecule has 1 atom stereocenters. The second kappa shape index (κ2) is 8.14. The Bertz CT molecular complexity index is 805. The van der Waals surface area contributed by atoms with Crippen molar-refractivity contribution in [2.24, 2.45) is 0 Å². The monoisotopic (exact) mass is 444 g/mol. The first-order chi connectivity index (χ1) is 13.4. The highest BCUT2D eigenvalue weighted by molar-refractivity contribution is 9.10. The van der Waals surface area contributed by atoms with Gasteiger partial charge in [0.2, 0.25) is 0 Å². The van der Waals surface area contributed by atoms with Crippen molar-refractivity contribution in [3.8, 4) is 6.07 Å². The third kappa shape index (κ3) is 4.27. The van der Waals surface area contributed by atoms with Gasteiger partial charge in [0.1, 0.15) is 5.82 Å². The number of likely N-dealkylation sites (tertiary alicyclic amines) is 1. The van der Waals surface area contributed by atoms with Crippen LogP contribution in [0.2, 0.25) is 0 Å². The highest BCUT2D eigenvalue weighted by Gasteiger charge is 2.31. The van der Waals surface area contributed by atoms with Gasteiger partial charge in [0.15, 0.2) is 0 Å². The first-order valence-electron chi connectivity index (χ1n) is 10.5. The topological polar surface area (TPSA) is 72.2 Å². The summed E-state index contributed by atoms with van der Waals surface area (Å²) in [5, 5.41) is 23.1. The van der Waals surface area contributed by atoms with E-state index in [-0.39, 0.29) is 0 Å². The largest absolute Gasteiger partial charge is 0.390 e. The average molecular weight is 445 g/mol. The lowest BCUT2D eigenvalue weighted by Gasteiger charge is -2.37. The lowest BCUT2D eigenvalue weighted by atomic mass is 9.90. The summed E-state index contributed by atoms with van der Waals surface area (Å²) in [6.07, 6.45) is 12.1. The van der Waals surface area contributed by atoms with Crippen molar-refractivity contribution in [1.29, 1.82) is 5.26 Å². The van der Waals surface area contributed by atoms with Crippen LogP contribution in [0, 0.1) is 11.3 Å². The predicted octanol–water partition coefficient (Wildman–Crippen LogP) is 4.27. The van der Waals surface area contributed by atoms with Crippen molar-refractivity contribution < 1.29 is 5.11 Å².